The van der Waals surface area contributed by atoms with Crippen LogP contribution in [-0.4, -0.2) is 29.5 Å². The molecule has 0 unspecified atom stereocenters. The molecule has 0 aromatic heterocycles. The summed E-state index contributed by atoms with van der Waals surface area (Å²) in [7, 11) is 0. The van der Waals surface area contributed by atoms with Gasteiger partial charge in [-0.15, -0.1) is 0 Å². The van der Waals surface area contributed by atoms with Crippen LogP contribution in [0.5, 0.6) is 0 Å². The van der Waals surface area contributed by atoms with E-state index in [0.717, 1.165) is 42.8 Å². The van der Waals surface area contributed by atoms with E-state index in [1.165, 1.54) is 0 Å². The van der Waals surface area contributed by atoms with Crippen molar-refractivity contribution in [2.24, 2.45) is 0 Å². The maximum atomic E-state index is 14.5. The molecule has 4 rings (SSSR count). The number of rotatable bonds is 8. The average molecular weight is 2510 g/mol. The van der Waals surface area contributed by atoms with Gasteiger partial charge in [0.2, 0.25) is 0 Å². The van der Waals surface area contributed by atoms with Crippen molar-refractivity contribution < 1.29 is 19.2 Å². The zero-order valence-electron chi connectivity index (χ0n) is 24.5. The van der Waals surface area contributed by atoms with Crippen molar-refractivity contribution in [3.63, 3.8) is 0 Å². The summed E-state index contributed by atoms with van der Waals surface area (Å²) >= 11 is 34.8. The summed E-state index contributed by atoms with van der Waals surface area (Å²) in [5, 5.41) is 11.5. The first kappa shape index (κ1) is 52.1. The van der Waals surface area contributed by atoms with Crippen molar-refractivity contribution in [2.75, 3.05) is 0 Å². The molecule has 0 spiro atoms. The van der Waals surface area contributed by atoms with Crippen LogP contribution in [-0.2, 0) is 0 Å². The van der Waals surface area contributed by atoms with Gasteiger partial charge in [0, 0.05) is 57.1 Å². The molecule has 0 radical (unpaired) electrons. The molecule has 0 bridgehead atoms. The van der Waals surface area contributed by atoms with E-state index in [1.54, 1.807) is 24.3 Å². The van der Waals surface area contributed by atoms with Gasteiger partial charge in [-0.05, 0) is 386 Å². The van der Waals surface area contributed by atoms with E-state index in [1.807, 2.05) is 0 Å². The van der Waals surface area contributed by atoms with Gasteiger partial charge in [0.1, 0.15) is 0 Å². The Morgan fingerprint density at radius 1 is 0.302 bits per heavy atom. The fraction of sp³-hybridized carbons (Fsp3) is 0.0345. The van der Waals surface area contributed by atoms with Gasteiger partial charge in [0.15, 0.2) is 0 Å². The first-order valence-electron chi connectivity index (χ1n) is 13.1. The van der Waals surface area contributed by atoms with Crippen LogP contribution < -0.4 is 21.3 Å². The third-order valence-corrected chi connectivity index (χ3v) is 35.7. The van der Waals surface area contributed by atoms with Crippen molar-refractivity contribution in [2.45, 2.75) is 5.91 Å². The minimum absolute atomic E-state index is 0.302. The third-order valence-electron chi connectivity index (χ3n) is 6.59. The topological polar surface area (TPSA) is 116 Å². The van der Waals surface area contributed by atoms with Crippen LogP contribution in [0.25, 0.3) is 0 Å². The molecule has 4 amide bonds. The van der Waals surface area contributed by atoms with Crippen molar-refractivity contribution >= 4 is 385 Å². The molecule has 0 atom stereocenters. The summed E-state index contributed by atoms with van der Waals surface area (Å²) in [6.45, 7) is 0. The van der Waals surface area contributed by atoms with Crippen molar-refractivity contribution in [1.82, 2.24) is 21.3 Å². The van der Waals surface area contributed by atoms with Gasteiger partial charge < -0.3 is 0 Å². The molecule has 8 nitrogen and oxygen atoms in total. The summed E-state index contributed by atoms with van der Waals surface area (Å²) in [6, 6.07) is 6.96. The molecule has 0 fully saturated rings. The highest BCUT2D eigenvalue weighted by atomic mass is 127. The standard InChI is InChI=1S/C29H8I16N4O4/c30-9-1-5(13(34)21(42)17(9)38)25(50)46-29(47-26(51)6-2-10(31)18(39)22(43)14(6)35,48-27(52)7-3-11(32)19(40)23(44)15(7)36)49-28(53)8-4-12(33)20(41)24(45)16(8)37/h1-4H,(H,46,50)(H,47,51)(H,48,52)(H,49,53). The molecule has 4 aromatic carbocycles. The van der Waals surface area contributed by atoms with Crippen LogP contribution >= 0.6 is 361 Å². The number of carbonyl (C=O) groups excluding carboxylic acids is 4. The maximum absolute atomic E-state index is 14.5. The molecule has 0 aliphatic carbocycles. The highest BCUT2D eigenvalue weighted by Crippen LogP contribution is 2.33. The largest absolute Gasteiger partial charge is 0.294 e. The normalized spacial score (nSPS) is 11.3. The van der Waals surface area contributed by atoms with Crippen LogP contribution in [0.15, 0.2) is 24.3 Å². The van der Waals surface area contributed by atoms with Gasteiger partial charge in [0.05, 0.1) is 22.3 Å². The molecule has 4 aromatic rings. The van der Waals surface area contributed by atoms with Crippen LogP contribution in [0.2, 0.25) is 0 Å². The van der Waals surface area contributed by atoms with E-state index >= 15 is 0 Å². The number of nitrogens with one attached hydrogen (secondary N) is 4. The van der Waals surface area contributed by atoms with Crippen molar-refractivity contribution in [1.29, 1.82) is 0 Å². The minimum atomic E-state index is -2.33. The second-order valence-electron chi connectivity index (χ2n) is 9.96. The summed E-state index contributed by atoms with van der Waals surface area (Å²) in [4.78, 5) is 58.1. The quantitative estimate of drug-likeness (QED) is 0.0609. The van der Waals surface area contributed by atoms with E-state index in [4.69, 9.17) is 0 Å². The predicted octanol–water partition coefficient (Wildman–Crippen LogP) is 13.0. The second-order valence-corrected chi connectivity index (χ2v) is 27.6. The molecule has 53 heavy (non-hydrogen) atoms. The lowest BCUT2D eigenvalue weighted by atomic mass is 10.1. The summed E-state index contributed by atoms with van der Waals surface area (Å²) < 4.78 is 13.5. The Balaban J connectivity index is 2.01. The van der Waals surface area contributed by atoms with E-state index < -0.39 is 29.5 Å². The monoisotopic (exact) mass is 2510 g/mol. The lowest BCUT2D eigenvalue weighted by Crippen LogP contribution is -2.78. The average Bonchev–Trinajstić information content (AvgIpc) is 3.10. The Morgan fingerprint density at radius 3 is 0.642 bits per heavy atom. The number of hydrogen-bond donors (Lipinski definition) is 4. The number of amides is 4. The summed E-state index contributed by atoms with van der Waals surface area (Å²) in [6.07, 6.45) is 0. The molecule has 0 saturated heterocycles. The number of benzene rings is 4. The first-order chi connectivity index (χ1) is 24.5. The second kappa shape index (κ2) is 22.6. The minimum Gasteiger partial charge on any atom is -0.294 e. The van der Waals surface area contributed by atoms with Gasteiger partial charge in [0.25, 0.3) is 29.5 Å². The zero-order chi connectivity index (χ0) is 40.0. The van der Waals surface area contributed by atoms with Crippen LogP contribution in [0.3, 0.4) is 0 Å². The molecule has 280 valence electrons. The molecular weight excluding hydrogens is 2500 g/mol. The highest BCUT2D eigenvalue weighted by molar-refractivity contribution is 14.1. The number of halogens is 16. The Morgan fingerprint density at radius 2 is 0.472 bits per heavy atom. The van der Waals surface area contributed by atoms with E-state index in [-0.39, 0.29) is 0 Å². The van der Waals surface area contributed by atoms with Gasteiger partial charge in [-0.2, -0.15) is 0 Å². The van der Waals surface area contributed by atoms with E-state index in [0.29, 0.717) is 36.5 Å². The summed E-state index contributed by atoms with van der Waals surface area (Å²) in [5.74, 6) is -4.86. The van der Waals surface area contributed by atoms with E-state index in [9.17, 15) is 19.2 Å². The number of carbonyl (C=O) groups is 4. The third kappa shape index (κ3) is 12.4. The Bertz CT molecular complexity index is 1950. The molecule has 0 aliphatic heterocycles. The predicted molar refractivity (Wildman–Crippen MR) is 342 cm³/mol. The summed E-state index contributed by atoms with van der Waals surface area (Å²) in [5.41, 5.74) is 1.21. The maximum Gasteiger partial charge on any atom is 0.277 e. The van der Waals surface area contributed by atoms with Crippen LogP contribution in [0.4, 0.5) is 0 Å². The van der Waals surface area contributed by atoms with Gasteiger partial charge >= 0.3 is 0 Å². The fourth-order valence-electron chi connectivity index (χ4n) is 4.09. The van der Waals surface area contributed by atoms with E-state index in [2.05, 4.69) is 383 Å². The Hall–Kier alpha value is 6.44. The molecule has 0 heterocycles. The molecule has 4 N–H and O–H groups in total. The number of hydrogen-bond acceptors (Lipinski definition) is 4. The molecule has 0 aliphatic rings. The zero-order valence-corrected chi connectivity index (χ0v) is 59.0. The Labute approximate surface area is 521 Å². The Kier molecular flexibility index (Phi) is 22.2. The lowest BCUT2D eigenvalue weighted by Gasteiger charge is -2.37. The molecule has 24 heteroatoms. The van der Waals surface area contributed by atoms with Crippen molar-refractivity contribution in [3.05, 3.63) is 104 Å². The molecule has 0 saturated carbocycles. The van der Waals surface area contributed by atoms with Crippen molar-refractivity contribution in [3.8, 4) is 0 Å². The lowest BCUT2D eigenvalue weighted by molar-refractivity contribution is 0.0587. The van der Waals surface area contributed by atoms with Crippen LogP contribution in [0.1, 0.15) is 41.4 Å². The molecular formula is C29H8I16N4O4. The first-order valence-corrected chi connectivity index (χ1v) is 30.4. The van der Waals surface area contributed by atoms with Gasteiger partial charge in [-0.25, -0.2) is 0 Å². The smallest absolute Gasteiger partial charge is 0.277 e. The van der Waals surface area contributed by atoms with Gasteiger partial charge in [-0.1, -0.05) is 0 Å². The fourth-order valence-corrected chi connectivity index (χ4v) is 17.3. The SMILES string of the molecule is O=C(NC(NC(=O)c1cc(I)c(I)c(I)c1I)(NC(=O)c1cc(I)c(I)c(I)c1I)NC(=O)c1cc(I)c(I)c(I)c1I)c1cc(I)c(I)c(I)c1I. The van der Waals surface area contributed by atoms with Crippen LogP contribution in [0, 0.1) is 57.1 Å². The van der Waals surface area contributed by atoms with Gasteiger partial charge in [-0.3, -0.25) is 40.4 Å². The highest BCUT2D eigenvalue weighted by Gasteiger charge is 2.41.